The Morgan fingerprint density at radius 3 is 2.71 bits per heavy atom. The summed E-state index contributed by atoms with van der Waals surface area (Å²) in [5, 5.41) is 13.5. The first-order valence-corrected chi connectivity index (χ1v) is 6.90. The van der Waals surface area contributed by atoms with Gasteiger partial charge in [0.1, 0.15) is 11.5 Å². The molecule has 0 atom stereocenters. The van der Waals surface area contributed by atoms with Gasteiger partial charge in [-0.05, 0) is 30.7 Å². The molecule has 1 aromatic rings. The largest absolute Gasteiger partial charge is 0.393 e. The molecule has 0 aromatic heterocycles. The van der Waals surface area contributed by atoms with Gasteiger partial charge in [-0.1, -0.05) is 13.3 Å². The highest BCUT2D eigenvalue weighted by Gasteiger charge is 2.41. The fourth-order valence-electron chi connectivity index (χ4n) is 2.53. The first-order chi connectivity index (χ1) is 9.88. The summed E-state index contributed by atoms with van der Waals surface area (Å²) in [7, 11) is 0. The minimum atomic E-state index is -0.851. The minimum Gasteiger partial charge on any atom is -0.393 e. The van der Waals surface area contributed by atoms with E-state index in [0.717, 1.165) is 31.7 Å². The zero-order valence-corrected chi connectivity index (χ0v) is 11.8. The van der Waals surface area contributed by atoms with Crippen LogP contribution in [0.15, 0.2) is 12.1 Å². The highest BCUT2D eigenvalue weighted by molar-refractivity contribution is 6.01. The van der Waals surface area contributed by atoms with E-state index in [1.165, 1.54) is 0 Å². The van der Waals surface area contributed by atoms with E-state index in [9.17, 15) is 19.3 Å². The Labute approximate surface area is 121 Å². The summed E-state index contributed by atoms with van der Waals surface area (Å²) in [5.74, 6) is -1.42. The van der Waals surface area contributed by atoms with Gasteiger partial charge in [0, 0.05) is 6.54 Å². The van der Waals surface area contributed by atoms with Gasteiger partial charge in [-0.15, -0.1) is 0 Å². The quantitative estimate of drug-likeness (QED) is 0.479. The first kappa shape index (κ1) is 15.2. The van der Waals surface area contributed by atoms with Gasteiger partial charge in [0.05, 0.1) is 16.6 Å². The van der Waals surface area contributed by atoms with Crippen molar-refractivity contribution in [2.24, 2.45) is 5.41 Å². The van der Waals surface area contributed by atoms with E-state index in [1.807, 2.05) is 0 Å². The summed E-state index contributed by atoms with van der Waals surface area (Å²) in [5.41, 5.74) is 4.66. The van der Waals surface area contributed by atoms with E-state index in [1.54, 1.807) is 0 Å². The Bertz CT molecular complexity index is 585. The van der Waals surface area contributed by atoms with Crippen LogP contribution in [0.25, 0.3) is 0 Å². The van der Waals surface area contributed by atoms with Gasteiger partial charge in [0.25, 0.3) is 11.6 Å². The van der Waals surface area contributed by atoms with E-state index < -0.39 is 22.3 Å². The lowest BCUT2D eigenvalue weighted by atomic mass is 10.0. The van der Waals surface area contributed by atoms with Gasteiger partial charge in [0.2, 0.25) is 0 Å². The van der Waals surface area contributed by atoms with Crippen LogP contribution in [-0.2, 0) is 0 Å². The van der Waals surface area contributed by atoms with Gasteiger partial charge in [-0.2, -0.15) is 0 Å². The van der Waals surface area contributed by atoms with Crippen LogP contribution in [0, 0.1) is 21.3 Å². The number of nitro benzene ring substituents is 1. The van der Waals surface area contributed by atoms with Crippen molar-refractivity contribution in [2.45, 2.75) is 32.6 Å². The molecule has 1 aromatic carbocycles. The third-order valence-electron chi connectivity index (χ3n) is 3.93. The molecule has 0 aliphatic heterocycles. The lowest BCUT2D eigenvalue weighted by molar-refractivity contribution is -0.384. The third kappa shape index (κ3) is 3.29. The molecule has 1 aliphatic rings. The summed E-state index contributed by atoms with van der Waals surface area (Å²) in [6, 6.07) is 1.64. The predicted molar refractivity (Wildman–Crippen MR) is 76.4 cm³/mol. The number of rotatable bonds is 6. The van der Waals surface area contributed by atoms with Crippen molar-refractivity contribution in [3.05, 3.63) is 33.6 Å². The zero-order chi connectivity index (χ0) is 15.6. The number of halogens is 1. The minimum absolute atomic E-state index is 0.137. The fraction of sp³-hybridized carbons (Fsp3) is 0.500. The number of hydrogen-bond donors (Lipinski definition) is 2. The van der Waals surface area contributed by atoms with Crippen LogP contribution in [0.4, 0.5) is 15.8 Å². The highest BCUT2D eigenvalue weighted by atomic mass is 19.1. The van der Waals surface area contributed by atoms with Crippen molar-refractivity contribution in [1.29, 1.82) is 0 Å². The number of hydrogen-bond acceptors (Lipinski definition) is 4. The van der Waals surface area contributed by atoms with E-state index in [4.69, 9.17) is 5.73 Å². The van der Waals surface area contributed by atoms with Gasteiger partial charge >= 0.3 is 0 Å². The summed E-state index contributed by atoms with van der Waals surface area (Å²) in [6.07, 6.45) is 4.16. The lowest BCUT2D eigenvalue weighted by Crippen LogP contribution is -2.31. The van der Waals surface area contributed by atoms with Gasteiger partial charge in [-0.25, -0.2) is 4.39 Å². The average Bonchev–Trinajstić information content (AvgIpc) is 3.18. The molecule has 1 amide bonds. The molecule has 6 nitrogen and oxygen atoms in total. The molecule has 0 unspecified atom stereocenters. The number of nitrogens with zero attached hydrogens (tertiary/aromatic N) is 1. The van der Waals surface area contributed by atoms with Gasteiger partial charge in [0.15, 0.2) is 0 Å². The van der Waals surface area contributed by atoms with Crippen LogP contribution in [0.3, 0.4) is 0 Å². The van der Waals surface area contributed by atoms with Crippen LogP contribution in [0.1, 0.15) is 43.0 Å². The molecule has 0 heterocycles. The van der Waals surface area contributed by atoms with Crippen LogP contribution in [-0.4, -0.2) is 17.4 Å². The smallest absolute Gasteiger partial charge is 0.295 e. The van der Waals surface area contributed by atoms with E-state index >= 15 is 0 Å². The maximum Gasteiger partial charge on any atom is 0.295 e. The molecule has 1 saturated carbocycles. The molecule has 2 rings (SSSR count). The van der Waals surface area contributed by atoms with Crippen molar-refractivity contribution in [2.75, 3.05) is 12.3 Å². The van der Waals surface area contributed by atoms with Crippen LogP contribution in [0.5, 0.6) is 0 Å². The molecule has 0 bridgehead atoms. The maximum absolute atomic E-state index is 13.4. The molecular weight excluding hydrogens is 277 g/mol. The number of carbonyl (C=O) groups excluding carboxylic acids is 1. The molecule has 1 aliphatic carbocycles. The summed E-state index contributed by atoms with van der Waals surface area (Å²) >= 11 is 0. The Morgan fingerprint density at radius 2 is 2.19 bits per heavy atom. The summed E-state index contributed by atoms with van der Waals surface area (Å²) in [6.45, 7) is 2.57. The number of nitrogen functional groups attached to an aromatic ring is 1. The van der Waals surface area contributed by atoms with E-state index in [2.05, 4.69) is 12.2 Å². The molecular formula is C14H18FN3O3. The van der Waals surface area contributed by atoms with Gasteiger partial charge in [-0.3, -0.25) is 14.9 Å². The SMILES string of the molecule is CCCC1(CNC(=O)c2cc(F)cc([N+](=O)[O-])c2N)CC1. The molecule has 3 N–H and O–H groups in total. The number of nitro groups is 1. The topological polar surface area (TPSA) is 98.3 Å². The third-order valence-corrected chi connectivity index (χ3v) is 3.93. The zero-order valence-electron chi connectivity index (χ0n) is 11.8. The number of nitrogens with two attached hydrogens (primary N) is 1. The Balaban J connectivity index is 2.14. The van der Waals surface area contributed by atoms with Crippen LogP contribution in [0.2, 0.25) is 0 Å². The van der Waals surface area contributed by atoms with Crippen molar-refractivity contribution in [3.8, 4) is 0 Å². The summed E-state index contributed by atoms with van der Waals surface area (Å²) < 4.78 is 13.4. The lowest BCUT2D eigenvalue weighted by Gasteiger charge is -2.15. The maximum atomic E-state index is 13.4. The second-order valence-corrected chi connectivity index (χ2v) is 5.58. The van der Waals surface area contributed by atoms with Crippen molar-refractivity contribution in [1.82, 2.24) is 5.32 Å². The Kier molecular flexibility index (Phi) is 4.11. The average molecular weight is 295 g/mol. The Morgan fingerprint density at radius 1 is 1.52 bits per heavy atom. The monoisotopic (exact) mass is 295 g/mol. The Hall–Kier alpha value is -2.18. The number of anilines is 1. The number of nitrogens with one attached hydrogen (secondary N) is 1. The van der Waals surface area contributed by atoms with Crippen molar-refractivity contribution < 1.29 is 14.1 Å². The normalized spacial score (nSPS) is 15.5. The molecule has 114 valence electrons. The van der Waals surface area contributed by atoms with E-state index in [0.29, 0.717) is 12.6 Å². The standard InChI is InChI=1S/C14H18FN3O3/c1-2-3-14(4-5-14)8-17-13(19)10-6-9(15)7-11(12(10)16)18(20)21/h6-7H,2-5,8,16H2,1H3,(H,17,19). The second-order valence-electron chi connectivity index (χ2n) is 5.58. The molecule has 1 fully saturated rings. The molecule has 21 heavy (non-hydrogen) atoms. The van der Waals surface area contributed by atoms with Crippen molar-refractivity contribution >= 4 is 17.3 Å². The van der Waals surface area contributed by atoms with Gasteiger partial charge < -0.3 is 11.1 Å². The molecule has 0 radical (unpaired) electrons. The van der Waals surface area contributed by atoms with Crippen molar-refractivity contribution in [3.63, 3.8) is 0 Å². The molecule has 0 saturated heterocycles. The highest BCUT2D eigenvalue weighted by Crippen LogP contribution is 2.49. The molecule has 7 heteroatoms. The predicted octanol–water partition coefficient (Wildman–Crippen LogP) is 2.63. The van der Waals surface area contributed by atoms with E-state index in [-0.39, 0.29) is 16.7 Å². The number of amides is 1. The summed E-state index contributed by atoms with van der Waals surface area (Å²) in [4.78, 5) is 22.1. The molecule has 0 spiro atoms. The van der Waals surface area contributed by atoms with Crippen LogP contribution < -0.4 is 11.1 Å². The van der Waals surface area contributed by atoms with Crippen LogP contribution >= 0.6 is 0 Å². The number of benzene rings is 1. The fourth-order valence-corrected chi connectivity index (χ4v) is 2.53. The second kappa shape index (κ2) is 5.67. The number of carbonyl (C=O) groups is 1. The first-order valence-electron chi connectivity index (χ1n) is 6.90.